The summed E-state index contributed by atoms with van der Waals surface area (Å²) in [6.07, 6.45) is 2.56. The molecule has 0 spiro atoms. The Labute approximate surface area is 115 Å². The molecule has 1 heterocycles. The summed E-state index contributed by atoms with van der Waals surface area (Å²) in [7, 11) is 0. The van der Waals surface area contributed by atoms with Gasteiger partial charge in [0.25, 0.3) is 0 Å². The van der Waals surface area contributed by atoms with Crippen molar-refractivity contribution in [2.24, 2.45) is 0 Å². The lowest BCUT2D eigenvalue weighted by Gasteiger charge is -2.13. The number of hydrogen-bond acceptors (Lipinski definition) is 3. The second-order valence-corrected chi connectivity index (χ2v) is 4.73. The number of aromatic nitrogens is 2. The summed E-state index contributed by atoms with van der Waals surface area (Å²) in [6, 6.07) is 6.49. The van der Waals surface area contributed by atoms with E-state index in [1.54, 1.807) is 6.33 Å². The fraction of sp³-hybridized carbons (Fsp3) is 0.375. The minimum atomic E-state index is 0.871. The van der Waals surface area contributed by atoms with Crippen molar-refractivity contribution in [3.63, 3.8) is 0 Å². The minimum Gasteiger partial charge on any atom is -0.370 e. The molecular weight excluding hydrogens is 234 g/mol. The average Bonchev–Trinajstić information content (AvgIpc) is 2.42. The molecule has 0 saturated carbocycles. The van der Waals surface area contributed by atoms with E-state index in [1.165, 1.54) is 22.3 Å². The minimum absolute atomic E-state index is 0.871. The van der Waals surface area contributed by atoms with E-state index in [4.69, 9.17) is 0 Å². The highest BCUT2D eigenvalue weighted by Crippen LogP contribution is 2.27. The SMILES string of the molecule is CCNc1ncnc(-c2ccc(C)c(C)c2)c1CC. The first-order chi connectivity index (χ1) is 9.17. The van der Waals surface area contributed by atoms with Crippen LogP contribution in [0, 0.1) is 13.8 Å². The van der Waals surface area contributed by atoms with Crippen LogP contribution in [0.25, 0.3) is 11.3 Å². The smallest absolute Gasteiger partial charge is 0.133 e. The van der Waals surface area contributed by atoms with Crippen molar-refractivity contribution in [1.82, 2.24) is 9.97 Å². The van der Waals surface area contributed by atoms with Gasteiger partial charge in [0.1, 0.15) is 12.1 Å². The Kier molecular flexibility index (Phi) is 4.15. The maximum absolute atomic E-state index is 4.48. The summed E-state index contributed by atoms with van der Waals surface area (Å²) < 4.78 is 0. The highest BCUT2D eigenvalue weighted by molar-refractivity contribution is 5.69. The molecule has 1 aromatic heterocycles. The van der Waals surface area contributed by atoms with Gasteiger partial charge in [-0.2, -0.15) is 0 Å². The molecule has 2 rings (SSSR count). The van der Waals surface area contributed by atoms with Crippen molar-refractivity contribution in [3.8, 4) is 11.3 Å². The van der Waals surface area contributed by atoms with Crippen molar-refractivity contribution in [3.05, 3.63) is 41.2 Å². The molecule has 0 amide bonds. The molecule has 0 fully saturated rings. The molecule has 0 aliphatic carbocycles. The quantitative estimate of drug-likeness (QED) is 0.904. The standard InChI is InChI=1S/C16H21N3/c1-5-14-15(18-10-19-16(14)17-6-2)13-8-7-11(3)12(4)9-13/h7-10H,5-6H2,1-4H3,(H,17,18,19). The third kappa shape index (κ3) is 2.75. The van der Waals surface area contributed by atoms with Gasteiger partial charge in [-0.1, -0.05) is 19.1 Å². The number of nitrogens with one attached hydrogen (secondary N) is 1. The maximum Gasteiger partial charge on any atom is 0.133 e. The Bertz CT molecular complexity index is 576. The summed E-state index contributed by atoms with van der Waals surface area (Å²) in [4.78, 5) is 8.83. The van der Waals surface area contributed by atoms with E-state index >= 15 is 0 Å². The summed E-state index contributed by atoms with van der Waals surface area (Å²) in [6.45, 7) is 9.36. The third-order valence-electron chi connectivity index (χ3n) is 3.42. The second-order valence-electron chi connectivity index (χ2n) is 4.73. The first-order valence-corrected chi connectivity index (χ1v) is 6.82. The Hall–Kier alpha value is -1.90. The zero-order valence-corrected chi connectivity index (χ0v) is 12.1. The van der Waals surface area contributed by atoms with Crippen molar-refractivity contribution < 1.29 is 0 Å². The highest BCUT2D eigenvalue weighted by Gasteiger charge is 2.11. The predicted octanol–water partition coefficient (Wildman–Crippen LogP) is 3.75. The summed E-state index contributed by atoms with van der Waals surface area (Å²) in [5.41, 5.74) is 6.00. The molecule has 3 nitrogen and oxygen atoms in total. The Morgan fingerprint density at radius 1 is 1.05 bits per heavy atom. The number of aryl methyl sites for hydroxylation is 2. The molecule has 0 atom stereocenters. The topological polar surface area (TPSA) is 37.8 Å². The van der Waals surface area contributed by atoms with Crippen LogP contribution in [-0.4, -0.2) is 16.5 Å². The number of anilines is 1. The van der Waals surface area contributed by atoms with E-state index < -0.39 is 0 Å². The molecule has 0 saturated heterocycles. The van der Waals surface area contributed by atoms with Gasteiger partial charge < -0.3 is 5.32 Å². The van der Waals surface area contributed by atoms with E-state index in [9.17, 15) is 0 Å². The van der Waals surface area contributed by atoms with E-state index in [0.717, 1.165) is 24.5 Å². The molecule has 0 aliphatic heterocycles. The molecule has 19 heavy (non-hydrogen) atoms. The molecule has 0 aliphatic rings. The number of rotatable bonds is 4. The summed E-state index contributed by atoms with van der Waals surface area (Å²) in [5.74, 6) is 0.952. The van der Waals surface area contributed by atoms with Gasteiger partial charge in [-0.05, 0) is 44.4 Å². The van der Waals surface area contributed by atoms with E-state index in [0.29, 0.717) is 0 Å². The van der Waals surface area contributed by atoms with Gasteiger partial charge in [-0.3, -0.25) is 0 Å². The van der Waals surface area contributed by atoms with Crippen molar-refractivity contribution in [2.75, 3.05) is 11.9 Å². The summed E-state index contributed by atoms with van der Waals surface area (Å²) >= 11 is 0. The highest BCUT2D eigenvalue weighted by atomic mass is 15.0. The lowest BCUT2D eigenvalue weighted by Crippen LogP contribution is -2.05. The maximum atomic E-state index is 4.48. The molecule has 1 aromatic carbocycles. The van der Waals surface area contributed by atoms with Crippen LogP contribution in [0.4, 0.5) is 5.82 Å². The van der Waals surface area contributed by atoms with Crippen LogP contribution < -0.4 is 5.32 Å². The molecule has 0 unspecified atom stereocenters. The van der Waals surface area contributed by atoms with Crippen LogP contribution in [0.3, 0.4) is 0 Å². The molecule has 0 bridgehead atoms. The lowest BCUT2D eigenvalue weighted by atomic mass is 10.00. The molecule has 2 aromatic rings. The number of hydrogen-bond donors (Lipinski definition) is 1. The van der Waals surface area contributed by atoms with Crippen LogP contribution in [0.15, 0.2) is 24.5 Å². The largest absolute Gasteiger partial charge is 0.370 e. The monoisotopic (exact) mass is 255 g/mol. The van der Waals surface area contributed by atoms with Crippen LogP contribution in [0.5, 0.6) is 0 Å². The molecule has 100 valence electrons. The zero-order valence-electron chi connectivity index (χ0n) is 12.1. The van der Waals surface area contributed by atoms with Crippen LogP contribution in [0.2, 0.25) is 0 Å². The molecule has 0 radical (unpaired) electrons. The van der Waals surface area contributed by atoms with Crippen molar-refractivity contribution in [2.45, 2.75) is 34.1 Å². The predicted molar refractivity (Wildman–Crippen MR) is 80.5 cm³/mol. The van der Waals surface area contributed by atoms with Crippen LogP contribution in [-0.2, 0) is 6.42 Å². The molecule has 1 N–H and O–H groups in total. The van der Waals surface area contributed by atoms with Crippen LogP contribution in [0.1, 0.15) is 30.5 Å². The zero-order chi connectivity index (χ0) is 13.8. The van der Waals surface area contributed by atoms with E-state index in [-0.39, 0.29) is 0 Å². The van der Waals surface area contributed by atoms with Gasteiger partial charge in [0.05, 0.1) is 5.69 Å². The van der Waals surface area contributed by atoms with Gasteiger partial charge in [0.2, 0.25) is 0 Å². The first-order valence-electron chi connectivity index (χ1n) is 6.82. The van der Waals surface area contributed by atoms with Gasteiger partial charge in [0.15, 0.2) is 0 Å². The lowest BCUT2D eigenvalue weighted by molar-refractivity contribution is 1.03. The van der Waals surface area contributed by atoms with Gasteiger partial charge >= 0.3 is 0 Å². The number of nitrogens with zero attached hydrogens (tertiary/aromatic N) is 2. The average molecular weight is 255 g/mol. The van der Waals surface area contributed by atoms with E-state index in [1.807, 2.05) is 0 Å². The second kappa shape index (κ2) is 5.83. The molecule has 3 heteroatoms. The molecular formula is C16H21N3. The first kappa shape index (κ1) is 13.5. The number of benzene rings is 1. The Morgan fingerprint density at radius 3 is 2.47 bits per heavy atom. The van der Waals surface area contributed by atoms with Crippen molar-refractivity contribution >= 4 is 5.82 Å². The van der Waals surface area contributed by atoms with Crippen molar-refractivity contribution in [1.29, 1.82) is 0 Å². The fourth-order valence-corrected chi connectivity index (χ4v) is 2.20. The van der Waals surface area contributed by atoms with Gasteiger partial charge in [-0.25, -0.2) is 9.97 Å². The Balaban J connectivity index is 2.54. The normalized spacial score (nSPS) is 10.5. The van der Waals surface area contributed by atoms with Crippen LogP contribution >= 0.6 is 0 Å². The fourth-order valence-electron chi connectivity index (χ4n) is 2.20. The third-order valence-corrected chi connectivity index (χ3v) is 3.42. The Morgan fingerprint density at radius 2 is 1.84 bits per heavy atom. The summed E-state index contributed by atoms with van der Waals surface area (Å²) in [5, 5.41) is 3.31. The van der Waals surface area contributed by atoms with E-state index in [2.05, 4.69) is 61.2 Å². The van der Waals surface area contributed by atoms with Gasteiger partial charge in [0, 0.05) is 17.7 Å². The van der Waals surface area contributed by atoms with Gasteiger partial charge in [-0.15, -0.1) is 0 Å².